The lowest BCUT2D eigenvalue weighted by Gasteiger charge is -2.28. The Hall–Kier alpha value is -2.15. The van der Waals surface area contributed by atoms with E-state index in [1.165, 1.54) is 56.0 Å². The molecular weight excluding hydrogens is 571 g/mol. The van der Waals surface area contributed by atoms with E-state index in [-0.39, 0.29) is 19.2 Å². The van der Waals surface area contributed by atoms with Crippen molar-refractivity contribution in [3.8, 4) is 0 Å². The summed E-state index contributed by atoms with van der Waals surface area (Å²) in [5, 5.41) is 19.5. The first-order valence-electron chi connectivity index (χ1n) is 15.7. The lowest BCUT2D eigenvalue weighted by atomic mass is 10.2. The van der Waals surface area contributed by atoms with E-state index in [1.807, 2.05) is 41.7 Å². The number of aliphatic hydroxyl groups is 1. The van der Waals surface area contributed by atoms with Crippen LogP contribution in [0.4, 0.5) is 5.95 Å². The van der Waals surface area contributed by atoms with Crippen LogP contribution in [0, 0.1) is 17.0 Å². The van der Waals surface area contributed by atoms with Gasteiger partial charge in [-0.25, -0.2) is 18.9 Å². The maximum Gasteiger partial charge on any atom is 0.434 e. The Bertz CT molecular complexity index is 1090. The summed E-state index contributed by atoms with van der Waals surface area (Å²) < 4.78 is 26.2. The quantitative estimate of drug-likeness (QED) is 0.110. The molecule has 0 aromatic carbocycles. The molecule has 3 rings (SSSR count). The van der Waals surface area contributed by atoms with Crippen molar-refractivity contribution in [2.75, 3.05) is 46.3 Å². The molecule has 1 aliphatic heterocycles. The summed E-state index contributed by atoms with van der Waals surface area (Å²) >= 11 is 0. The Morgan fingerprint density at radius 2 is 1.53 bits per heavy atom. The van der Waals surface area contributed by atoms with Gasteiger partial charge in [0.1, 0.15) is 24.3 Å². The number of rotatable bonds is 16. The molecule has 0 atom stereocenters. The maximum absolute atomic E-state index is 13.3. The Kier molecular flexibility index (Phi) is 18.8. The number of aromatic nitrogens is 4. The molecule has 0 aliphatic carbocycles. The summed E-state index contributed by atoms with van der Waals surface area (Å²) in [6.45, 7) is 16.0. The minimum atomic E-state index is -3.07. The molecule has 43 heavy (non-hydrogen) atoms. The van der Waals surface area contributed by atoms with E-state index in [0.29, 0.717) is 18.8 Å². The van der Waals surface area contributed by atoms with E-state index in [0.717, 1.165) is 37.4 Å². The molecular formula is C29H57N8O5P. The van der Waals surface area contributed by atoms with Gasteiger partial charge in [-0.05, 0) is 57.7 Å². The first-order chi connectivity index (χ1) is 20.5. The smallest absolute Gasteiger partial charge is 0.390 e. The van der Waals surface area contributed by atoms with Crippen LogP contribution in [0.5, 0.6) is 0 Å². The van der Waals surface area contributed by atoms with Gasteiger partial charge in [0, 0.05) is 33.2 Å². The van der Waals surface area contributed by atoms with Gasteiger partial charge in [0.15, 0.2) is 0 Å². The molecule has 0 unspecified atom stereocenters. The predicted molar refractivity (Wildman–Crippen MR) is 172 cm³/mol. The van der Waals surface area contributed by atoms with Crippen LogP contribution in [0.1, 0.15) is 89.9 Å². The topological polar surface area (TPSA) is 135 Å². The number of imidazole rings is 2. The van der Waals surface area contributed by atoms with Gasteiger partial charge in [-0.15, -0.1) is 0 Å². The monoisotopic (exact) mass is 628 g/mol. The van der Waals surface area contributed by atoms with Gasteiger partial charge in [-0.1, -0.05) is 51.9 Å². The number of unbranched alkanes of at least 4 members (excludes halogenated alkanes) is 3. The summed E-state index contributed by atoms with van der Waals surface area (Å²) in [6.07, 6.45) is 11.7. The number of aliphatic hydroxyl groups excluding tert-OH is 1. The van der Waals surface area contributed by atoms with Gasteiger partial charge in [0.2, 0.25) is 0 Å². The molecule has 1 saturated heterocycles. The van der Waals surface area contributed by atoms with Crippen LogP contribution in [0.15, 0.2) is 12.4 Å². The van der Waals surface area contributed by atoms with Crippen molar-refractivity contribution in [3.63, 3.8) is 0 Å². The molecule has 0 amide bonds. The van der Waals surface area contributed by atoms with E-state index in [4.69, 9.17) is 9.63 Å². The van der Waals surface area contributed by atoms with Gasteiger partial charge in [-0.2, -0.15) is 0 Å². The zero-order chi connectivity index (χ0) is 32.4. The van der Waals surface area contributed by atoms with Gasteiger partial charge < -0.3 is 24.7 Å². The molecule has 1 fully saturated rings. The highest BCUT2D eigenvalue weighted by atomic mass is 31.2. The predicted octanol–water partition coefficient (Wildman–Crippen LogP) is 5.52. The molecule has 2 aromatic heterocycles. The zero-order valence-electron chi connectivity index (χ0n) is 27.9. The molecule has 13 nitrogen and oxygen atoms in total. The van der Waals surface area contributed by atoms with E-state index < -0.39 is 12.6 Å². The summed E-state index contributed by atoms with van der Waals surface area (Å²) in [7, 11) is 2.59. The zero-order valence-corrected chi connectivity index (χ0v) is 28.8. The highest BCUT2D eigenvalue weighted by molar-refractivity contribution is 7.54. The van der Waals surface area contributed by atoms with Gasteiger partial charge >= 0.3 is 13.6 Å². The second kappa shape index (κ2) is 20.7. The third kappa shape index (κ3) is 12.4. The third-order valence-corrected chi connectivity index (χ3v) is 10.1. The second-order valence-electron chi connectivity index (χ2n) is 10.9. The van der Waals surface area contributed by atoms with Crippen molar-refractivity contribution >= 4 is 13.6 Å². The normalized spacial score (nSPS) is 14.8. The first-order valence-corrected chi connectivity index (χ1v) is 17.2. The largest absolute Gasteiger partial charge is 0.434 e. The lowest BCUT2D eigenvalue weighted by Crippen LogP contribution is -2.23. The van der Waals surface area contributed by atoms with E-state index in [1.54, 1.807) is 13.2 Å². The van der Waals surface area contributed by atoms with Crippen molar-refractivity contribution < 1.29 is 19.1 Å². The van der Waals surface area contributed by atoms with Gasteiger partial charge in [0.05, 0.1) is 25.5 Å². The molecule has 3 heterocycles. The molecule has 0 spiro atoms. The van der Waals surface area contributed by atoms with Crippen molar-refractivity contribution in [3.05, 3.63) is 39.7 Å². The van der Waals surface area contributed by atoms with Crippen molar-refractivity contribution in [1.29, 1.82) is 0 Å². The SMILES string of the molecule is CCCCCCN(C)CCC.CCCN1CCN(CCC)P1(=O)OCc1cnc([N+](=O)[O-])n1C.Cc1ncc(CO)n1C. The molecule has 0 saturated carbocycles. The second-order valence-corrected chi connectivity index (χ2v) is 13.3. The average molecular weight is 629 g/mol. The molecule has 2 aromatic rings. The van der Waals surface area contributed by atoms with Gasteiger partial charge in [0.25, 0.3) is 0 Å². The number of nitro groups is 1. The summed E-state index contributed by atoms with van der Waals surface area (Å²) in [6, 6.07) is 0. The van der Waals surface area contributed by atoms with E-state index in [2.05, 4.69) is 35.8 Å². The number of nitrogens with zero attached hydrogens (tertiary/aromatic N) is 8. The van der Waals surface area contributed by atoms with Crippen molar-refractivity contribution in [2.45, 2.75) is 92.8 Å². The van der Waals surface area contributed by atoms with Crippen LogP contribution in [0.3, 0.4) is 0 Å². The molecule has 248 valence electrons. The molecule has 1 aliphatic rings. The van der Waals surface area contributed by atoms with Crippen LogP contribution in [-0.4, -0.2) is 89.7 Å². The average Bonchev–Trinajstić information content (AvgIpc) is 3.62. The number of hydrogen-bond donors (Lipinski definition) is 1. The van der Waals surface area contributed by atoms with Crippen LogP contribution >= 0.6 is 7.67 Å². The number of aryl methyl sites for hydroxylation is 1. The highest BCUT2D eigenvalue weighted by Crippen LogP contribution is 2.58. The Balaban J connectivity index is 0.000000382. The molecule has 0 bridgehead atoms. The van der Waals surface area contributed by atoms with Crippen LogP contribution < -0.4 is 0 Å². The molecule has 0 radical (unpaired) electrons. The van der Waals surface area contributed by atoms with Crippen LogP contribution in [0.2, 0.25) is 0 Å². The fourth-order valence-corrected chi connectivity index (χ4v) is 7.28. The molecule has 1 N–H and O–H groups in total. The summed E-state index contributed by atoms with van der Waals surface area (Å²) in [5.74, 6) is 0.684. The fraction of sp³-hybridized carbons (Fsp3) is 0.793. The first kappa shape index (κ1) is 38.9. The highest BCUT2D eigenvalue weighted by Gasteiger charge is 2.43. The maximum atomic E-state index is 13.3. The minimum Gasteiger partial charge on any atom is -0.390 e. The molecule has 14 heteroatoms. The number of hydrogen-bond acceptors (Lipinski definition) is 8. The van der Waals surface area contributed by atoms with Crippen LogP contribution in [0.25, 0.3) is 0 Å². The van der Waals surface area contributed by atoms with E-state index in [9.17, 15) is 14.7 Å². The Morgan fingerprint density at radius 3 is 1.95 bits per heavy atom. The third-order valence-electron chi connectivity index (χ3n) is 7.38. The van der Waals surface area contributed by atoms with Gasteiger partial charge in [-0.3, -0.25) is 9.09 Å². The summed E-state index contributed by atoms with van der Waals surface area (Å²) in [5.41, 5.74) is 1.39. The van der Waals surface area contributed by atoms with Crippen molar-refractivity contribution in [1.82, 2.24) is 33.3 Å². The van der Waals surface area contributed by atoms with E-state index >= 15 is 0 Å². The van der Waals surface area contributed by atoms with Crippen molar-refractivity contribution in [2.24, 2.45) is 14.1 Å². The Labute approximate surface area is 258 Å². The lowest BCUT2D eigenvalue weighted by molar-refractivity contribution is -0.396. The minimum absolute atomic E-state index is 0.0368. The summed E-state index contributed by atoms with van der Waals surface area (Å²) in [4.78, 5) is 20.5. The fourth-order valence-electron chi connectivity index (χ4n) is 4.70. The standard InChI is InChI=1S/C13H24N5O4P.C10H23N.C6H10N2O/c1-4-6-16-8-9-17(7-5-2)23(16,21)22-11-12-10-14-13(15(12)3)18(19)20;1-4-6-7-8-10-11(3)9-5-2;1-5-7-3-6(4-9)8(5)2/h10H,4-9,11H2,1-3H3;4-10H2,1-3H3;3,9H,4H2,1-2H3. The van der Waals surface area contributed by atoms with Crippen LogP contribution in [-0.2, 0) is 36.4 Å². The Morgan fingerprint density at radius 1 is 0.930 bits per heavy atom.